The summed E-state index contributed by atoms with van der Waals surface area (Å²) in [6, 6.07) is 0. The zero-order chi connectivity index (χ0) is 7.98. The fourth-order valence-electron chi connectivity index (χ4n) is 0.545. The Balaban J connectivity index is 3.81. The molecule has 0 amide bonds. The van der Waals surface area contributed by atoms with Crippen LogP contribution in [0.3, 0.4) is 0 Å². The van der Waals surface area contributed by atoms with Crippen molar-refractivity contribution >= 4 is 0 Å². The van der Waals surface area contributed by atoms with Crippen LogP contribution in [0.25, 0.3) is 0 Å². The van der Waals surface area contributed by atoms with Gasteiger partial charge in [-0.3, -0.25) is 0 Å². The van der Waals surface area contributed by atoms with Crippen LogP contribution in [0.5, 0.6) is 0 Å². The molecular formula is C10H16. The van der Waals surface area contributed by atoms with E-state index < -0.39 is 0 Å². The molecule has 0 N–H and O–H groups in total. The number of allylic oxidation sites excluding steroid dienone is 5. The topological polar surface area (TPSA) is 0 Å². The number of hydrogen-bond donors (Lipinski definition) is 0. The first-order valence-corrected chi connectivity index (χ1v) is 3.59. The minimum atomic E-state index is 1.05. The fraction of sp³-hybridized carbons (Fsp3) is 0.400. The minimum Gasteiger partial charge on any atom is -0.0991 e. The van der Waals surface area contributed by atoms with E-state index in [1.54, 1.807) is 6.08 Å². The zero-order valence-electron chi connectivity index (χ0n) is 7.15. The van der Waals surface area contributed by atoms with Crippen LogP contribution in [0.15, 0.2) is 36.0 Å². The summed E-state index contributed by atoms with van der Waals surface area (Å²) in [4.78, 5) is 0. The highest BCUT2D eigenvalue weighted by atomic mass is 13.9. The standard InChI is InChI=1S/C10H16/c1-5-6-7-8-10(4)9(2)3/h5-7H,1,8H2,2-4H3/b7-6-. The lowest BCUT2D eigenvalue weighted by Gasteiger charge is -1.96. The van der Waals surface area contributed by atoms with E-state index >= 15 is 0 Å². The maximum atomic E-state index is 3.60. The second-order valence-corrected chi connectivity index (χ2v) is 2.65. The molecule has 0 aromatic rings. The second-order valence-electron chi connectivity index (χ2n) is 2.65. The fourth-order valence-corrected chi connectivity index (χ4v) is 0.545. The molecule has 0 saturated heterocycles. The smallest absolute Gasteiger partial charge is 0.0136 e. The Bertz CT molecular complexity index is 155. The highest BCUT2D eigenvalue weighted by Crippen LogP contribution is 2.06. The monoisotopic (exact) mass is 136 g/mol. The third kappa shape index (κ3) is 4.13. The summed E-state index contributed by atoms with van der Waals surface area (Å²) in [6.45, 7) is 10.0. The van der Waals surface area contributed by atoms with Gasteiger partial charge in [0.1, 0.15) is 0 Å². The van der Waals surface area contributed by atoms with Crippen molar-refractivity contribution in [3.63, 3.8) is 0 Å². The predicted molar refractivity (Wildman–Crippen MR) is 48.0 cm³/mol. The minimum absolute atomic E-state index is 1.05. The third-order valence-corrected chi connectivity index (χ3v) is 1.55. The lowest BCUT2D eigenvalue weighted by atomic mass is 10.1. The van der Waals surface area contributed by atoms with Crippen LogP contribution in [0.2, 0.25) is 0 Å². The van der Waals surface area contributed by atoms with E-state index in [4.69, 9.17) is 0 Å². The second kappa shape index (κ2) is 5.04. The molecule has 10 heavy (non-hydrogen) atoms. The largest absolute Gasteiger partial charge is 0.0991 e. The van der Waals surface area contributed by atoms with Gasteiger partial charge in [0.15, 0.2) is 0 Å². The van der Waals surface area contributed by atoms with E-state index in [1.165, 1.54) is 11.1 Å². The SMILES string of the molecule is C=C/C=C\CC(C)=C(C)C. The molecule has 0 aliphatic heterocycles. The Morgan fingerprint density at radius 3 is 2.30 bits per heavy atom. The highest BCUT2D eigenvalue weighted by Gasteiger charge is 1.86. The molecule has 0 aliphatic rings. The van der Waals surface area contributed by atoms with Gasteiger partial charge in [-0.05, 0) is 27.2 Å². The molecule has 0 spiro atoms. The molecule has 0 heteroatoms. The van der Waals surface area contributed by atoms with Crippen molar-refractivity contribution in [1.82, 2.24) is 0 Å². The normalized spacial score (nSPS) is 9.90. The Hall–Kier alpha value is -0.780. The van der Waals surface area contributed by atoms with Crippen molar-refractivity contribution in [2.75, 3.05) is 0 Å². The van der Waals surface area contributed by atoms with Crippen LogP contribution in [0.1, 0.15) is 27.2 Å². The first-order valence-electron chi connectivity index (χ1n) is 3.59. The van der Waals surface area contributed by atoms with E-state index in [9.17, 15) is 0 Å². The molecule has 0 heterocycles. The summed E-state index contributed by atoms with van der Waals surface area (Å²) in [7, 11) is 0. The van der Waals surface area contributed by atoms with Crippen molar-refractivity contribution in [2.24, 2.45) is 0 Å². The molecule has 0 rings (SSSR count). The van der Waals surface area contributed by atoms with Crippen molar-refractivity contribution in [1.29, 1.82) is 0 Å². The van der Waals surface area contributed by atoms with Gasteiger partial charge in [0.2, 0.25) is 0 Å². The number of hydrogen-bond acceptors (Lipinski definition) is 0. The molecule has 0 unspecified atom stereocenters. The van der Waals surface area contributed by atoms with Gasteiger partial charge < -0.3 is 0 Å². The van der Waals surface area contributed by atoms with E-state index in [-0.39, 0.29) is 0 Å². The lowest BCUT2D eigenvalue weighted by Crippen LogP contribution is -1.76. The van der Waals surface area contributed by atoms with Crippen LogP contribution in [0, 0.1) is 0 Å². The van der Waals surface area contributed by atoms with Gasteiger partial charge in [0.25, 0.3) is 0 Å². The average Bonchev–Trinajstić information content (AvgIpc) is 1.88. The maximum Gasteiger partial charge on any atom is -0.0136 e. The van der Waals surface area contributed by atoms with Crippen LogP contribution < -0.4 is 0 Å². The summed E-state index contributed by atoms with van der Waals surface area (Å²) in [6.07, 6.45) is 6.95. The molecule has 0 aromatic heterocycles. The van der Waals surface area contributed by atoms with E-state index in [2.05, 4.69) is 33.4 Å². The van der Waals surface area contributed by atoms with Gasteiger partial charge in [0, 0.05) is 0 Å². The molecule has 0 saturated carbocycles. The van der Waals surface area contributed by atoms with Gasteiger partial charge in [-0.2, -0.15) is 0 Å². The van der Waals surface area contributed by atoms with Gasteiger partial charge >= 0.3 is 0 Å². The maximum absolute atomic E-state index is 3.60. The molecule has 0 aromatic carbocycles. The summed E-state index contributed by atoms with van der Waals surface area (Å²) < 4.78 is 0. The van der Waals surface area contributed by atoms with Gasteiger partial charge in [0.05, 0.1) is 0 Å². The molecule has 0 nitrogen and oxygen atoms in total. The molecule has 0 bridgehead atoms. The van der Waals surface area contributed by atoms with E-state index in [0.29, 0.717) is 0 Å². The molecule has 0 atom stereocenters. The molecule has 0 radical (unpaired) electrons. The first-order chi connectivity index (χ1) is 4.68. The Labute approximate surface area is 64.0 Å². The highest BCUT2D eigenvalue weighted by molar-refractivity contribution is 5.12. The summed E-state index contributed by atoms with van der Waals surface area (Å²) in [5, 5.41) is 0. The Morgan fingerprint density at radius 1 is 1.30 bits per heavy atom. The Kier molecular flexibility index (Phi) is 4.65. The summed E-state index contributed by atoms with van der Waals surface area (Å²) in [5.74, 6) is 0. The quantitative estimate of drug-likeness (QED) is 0.411. The van der Waals surface area contributed by atoms with Gasteiger partial charge in [-0.1, -0.05) is 36.0 Å². The van der Waals surface area contributed by atoms with E-state index in [0.717, 1.165) is 6.42 Å². The van der Waals surface area contributed by atoms with Crippen molar-refractivity contribution in [2.45, 2.75) is 27.2 Å². The Morgan fingerprint density at radius 2 is 1.90 bits per heavy atom. The van der Waals surface area contributed by atoms with Crippen molar-refractivity contribution in [3.05, 3.63) is 36.0 Å². The number of rotatable bonds is 3. The van der Waals surface area contributed by atoms with Crippen LogP contribution in [-0.4, -0.2) is 0 Å². The van der Waals surface area contributed by atoms with Crippen LogP contribution in [0.4, 0.5) is 0 Å². The van der Waals surface area contributed by atoms with E-state index in [1.807, 2.05) is 6.08 Å². The molecular weight excluding hydrogens is 120 g/mol. The van der Waals surface area contributed by atoms with Crippen LogP contribution in [-0.2, 0) is 0 Å². The molecule has 0 aliphatic carbocycles. The average molecular weight is 136 g/mol. The first kappa shape index (κ1) is 9.22. The molecule has 0 fully saturated rings. The van der Waals surface area contributed by atoms with Gasteiger partial charge in [-0.25, -0.2) is 0 Å². The zero-order valence-corrected chi connectivity index (χ0v) is 7.15. The van der Waals surface area contributed by atoms with Crippen molar-refractivity contribution in [3.8, 4) is 0 Å². The van der Waals surface area contributed by atoms with Crippen LogP contribution >= 0.6 is 0 Å². The lowest BCUT2D eigenvalue weighted by molar-refractivity contribution is 1.13. The predicted octanol–water partition coefficient (Wildman–Crippen LogP) is 3.48. The third-order valence-electron chi connectivity index (χ3n) is 1.55. The summed E-state index contributed by atoms with van der Waals surface area (Å²) in [5.41, 5.74) is 2.85. The summed E-state index contributed by atoms with van der Waals surface area (Å²) >= 11 is 0. The van der Waals surface area contributed by atoms with Crippen molar-refractivity contribution < 1.29 is 0 Å². The molecule has 56 valence electrons. The van der Waals surface area contributed by atoms with Gasteiger partial charge in [-0.15, -0.1) is 0 Å².